The van der Waals surface area contributed by atoms with E-state index in [0.717, 1.165) is 34.1 Å². The van der Waals surface area contributed by atoms with E-state index in [1.54, 1.807) is 23.7 Å². The molecule has 1 aromatic carbocycles. The van der Waals surface area contributed by atoms with Gasteiger partial charge in [0, 0.05) is 31.3 Å². The number of hydrogen-bond acceptors (Lipinski definition) is 6. The van der Waals surface area contributed by atoms with Crippen molar-refractivity contribution in [2.75, 3.05) is 6.54 Å². The van der Waals surface area contributed by atoms with E-state index in [1.807, 2.05) is 11.5 Å². The summed E-state index contributed by atoms with van der Waals surface area (Å²) in [5.74, 6) is -0.966. The number of alkyl halides is 3. The van der Waals surface area contributed by atoms with Gasteiger partial charge in [0.05, 0.1) is 34.7 Å². The first-order valence-corrected chi connectivity index (χ1v) is 14.0. The fourth-order valence-corrected chi connectivity index (χ4v) is 5.10. The van der Waals surface area contributed by atoms with Crippen molar-refractivity contribution in [3.05, 3.63) is 74.9 Å². The Hall–Kier alpha value is -4.00. The van der Waals surface area contributed by atoms with Gasteiger partial charge >= 0.3 is 18.2 Å². The van der Waals surface area contributed by atoms with Crippen molar-refractivity contribution < 1.29 is 32.7 Å². The second-order valence-corrected chi connectivity index (χ2v) is 10.8. The third-order valence-corrected chi connectivity index (χ3v) is 7.42. The first-order chi connectivity index (χ1) is 19.5. The smallest absolute Gasteiger partial charge is 0.389 e. The second kappa shape index (κ2) is 12.7. The molecule has 0 saturated carbocycles. The van der Waals surface area contributed by atoms with Crippen molar-refractivity contribution in [1.82, 2.24) is 24.3 Å². The zero-order valence-electron chi connectivity index (χ0n) is 22.6. The Balaban J connectivity index is 1.70. The number of nitrogens with zero attached hydrogens (tertiary/aromatic N) is 5. The number of aromatic nitrogens is 3. The molecule has 9 nitrogen and oxygen atoms in total. The normalized spacial score (nSPS) is 15.0. The number of benzene rings is 1. The van der Waals surface area contributed by atoms with Crippen LogP contribution in [0.4, 0.5) is 18.0 Å². The second-order valence-electron chi connectivity index (χ2n) is 9.72. The fourth-order valence-electron chi connectivity index (χ4n) is 4.50. The Bertz CT molecular complexity index is 1450. The number of amides is 3. The van der Waals surface area contributed by atoms with Crippen LogP contribution in [0.1, 0.15) is 70.7 Å². The quantitative estimate of drug-likeness (QED) is 0.209. The molecule has 41 heavy (non-hydrogen) atoms. The van der Waals surface area contributed by atoms with Crippen LogP contribution in [0.25, 0.3) is 6.08 Å². The summed E-state index contributed by atoms with van der Waals surface area (Å²) in [6, 6.07) is 5.72. The van der Waals surface area contributed by atoms with Gasteiger partial charge in [-0.3, -0.25) is 14.6 Å². The summed E-state index contributed by atoms with van der Waals surface area (Å²) in [7, 11) is 0. The molecule has 218 valence electrons. The molecule has 0 aliphatic carbocycles. The van der Waals surface area contributed by atoms with Gasteiger partial charge in [-0.05, 0) is 43.5 Å². The standard InChI is InChI=1S/C28H30F3N5O4S/c1-3-4-6-24-32-14-22(35(24)15-19-7-9-20(10-8-19)26(38)39)13-23-25(37)34(12-5-11-28(29,30)31)27(40)36(23)16-21-17-41-18(2)33-21/h7-10,13-14,17H,3-6,11-12,15-16H2,1-2H3,(H,38,39)/b23-13-. The van der Waals surface area contributed by atoms with Crippen LogP contribution < -0.4 is 0 Å². The van der Waals surface area contributed by atoms with E-state index in [9.17, 15) is 32.7 Å². The van der Waals surface area contributed by atoms with Crippen molar-refractivity contribution in [2.24, 2.45) is 0 Å². The van der Waals surface area contributed by atoms with Gasteiger partial charge in [0.15, 0.2) is 0 Å². The average Bonchev–Trinajstić information content (AvgIpc) is 3.56. The fraction of sp³-hybridized carbons (Fsp3) is 0.393. The largest absolute Gasteiger partial charge is 0.478 e. The summed E-state index contributed by atoms with van der Waals surface area (Å²) in [4.78, 5) is 49.0. The van der Waals surface area contributed by atoms with E-state index >= 15 is 0 Å². The minimum atomic E-state index is -4.40. The molecule has 1 N–H and O–H groups in total. The molecule has 4 rings (SSSR count). The molecule has 2 aromatic heterocycles. The molecule has 1 saturated heterocycles. The molecule has 0 unspecified atom stereocenters. The molecular weight excluding hydrogens is 559 g/mol. The number of carboxylic acid groups (broad SMARTS) is 1. The molecule has 13 heteroatoms. The van der Waals surface area contributed by atoms with Crippen molar-refractivity contribution in [1.29, 1.82) is 0 Å². The van der Waals surface area contributed by atoms with Crippen molar-refractivity contribution in [3.8, 4) is 0 Å². The highest BCUT2D eigenvalue weighted by atomic mass is 32.1. The van der Waals surface area contributed by atoms with E-state index < -0.39 is 36.9 Å². The van der Waals surface area contributed by atoms with E-state index in [2.05, 4.69) is 16.9 Å². The molecule has 1 aliphatic rings. The minimum absolute atomic E-state index is 0.00992. The van der Waals surface area contributed by atoms with Gasteiger partial charge in [0.2, 0.25) is 0 Å². The van der Waals surface area contributed by atoms with E-state index in [0.29, 0.717) is 24.4 Å². The van der Waals surface area contributed by atoms with Gasteiger partial charge in [0.25, 0.3) is 5.91 Å². The first kappa shape index (κ1) is 30.0. The highest BCUT2D eigenvalue weighted by Crippen LogP contribution is 2.29. The average molecular weight is 590 g/mol. The number of hydrogen-bond donors (Lipinski definition) is 1. The topological polar surface area (TPSA) is 109 Å². The number of thiazole rings is 1. The number of aryl methyl sites for hydroxylation is 2. The Morgan fingerprint density at radius 1 is 1.10 bits per heavy atom. The van der Waals surface area contributed by atoms with Crippen LogP contribution in [0.3, 0.4) is 0 Å². The lowest BCUT2D eigenvalue weighted by Gasteiger charge is -2.17. The number of carboxylic acids is 1. The molecule has 0 radical (unpaired) electrons. The highest BCUT2D eigenvalue weighted by molar-refractivity contribution is 7.09. The van der Waals surface area contributed by atoms with Crippen molar-refractivity contribution in [3.63, 3.8) is 0 Å². The van der Waals surface area contributed by atoms with E-state index in [-0.39, 0.29) is 24.4 Å². The van der Waals surface area contributed by atoms with Crippen LogP contribution in [-0.4, -0.2) is 60.1 Å². The summed E-state index contributed by atoms with van der Waals surface area (Å²) in [6.07, 6.45) is -0.318. The summed E-state index contributed by atoms with van der Waals surface area (Å²) in [5, 5.41) is 11.8. The number of rotatable bonds is 12. The zero-order chi connectivity index (χ0) is 29.7. The van der Waals surface area contributed by atoms with E-state index in [4.69, 9.17) is 0 Å². The van der Waals surface area contributed by atoms with Gasteiger partial charge in [-0.2, -0.15) is 13.2 Å². The molecule has 0 bridgehead atoms. The Morgan fingerprint density at radius 2 is 1.83 bits per heavy atom. The predicted molar refractivity (Wildman–Crippen MR) is 146 cm³/mol. The number of urea groups is 1. The van der Waals surface area contributed by atoms with Crippen LogP contribution in [0.15, 0.2) is 41.5 Å². The first-order valence-electron chi connectivity index (χ1n) is 13.2. The number of aromatic carboxylic acids is 1. The van der Waals surface area contributed by atoms with Crippen molar-refractivity contribution in [2.45, 2.75) is 65.2 Å². The number of unbranched alkanes of at least 4 members (excludes halogenated alkanes) is 1. The third-order valence-electron chi connectivity index (χ3n) is 6.59. The molecular formula is C28H30F3N5O4S. The van der Waals surface area contributed by atoms with Crippen LogP contribution in [0.2, 0.25) is 0 Å². The van der Waals surface area contributed by atoms with Gasteiger partial charge in [0.1, 0.15) is 11.5 Å². The zero-order valence-corrected chi connectivity index (χ0v) is 23.5. The summed E-state index contributed by atoms with van der Waals surface area (Å²) >= 11 is 1.39. The SMILES string of the molecule is CCCCc1ncc(/C=C2/C(=O)N(CCCC(F)(F)F)C(=O)N2Cc2csc(C)n2)n1Cc1ccc(C(=O)O)cc1. The molecule has 1 aliphatic heterocycles. The summed E-state index contributed by atoms with van der Waals surface area (Å²) in [6.45, 7) is 3.82. The van der Waals surface area contributed by atoms with E-state index in [1.165, 1.54) is 34.4 Å². The maximum absolute atomic E-state index is 13.4. The molecule has 0 spiro atoms. The van der Waals surface area contributed by atoms with Gasteiger partial charge in [-0.1, -0.05) is 25.5 Å². The highest BCUT2D eigenvalue weighted by Gasteiger charge is 2.41. The van der Waals surface area contributed by atoms with Crippen LogP contribution in [0, 0.1) is 6.92 Å². The third kappa shape index (κ3) is 7.40. The van der Waals surface area contributed by atoms with Crippen molar-refractivity contribution >= 4 is 35.3 Å². The molecule has 0 atom stereocenters. The maximum Gasteiger partial charge on any atom is 0.389 e. The molecule has 3 amide bonds. The van der Waals surface area contributed by atoms with Crippen LogP contribution in [-0.2, 0) is 24.3 Å². The number of carbonyl (C=O) groups is 3. The summed E-state index contributed by atoms with van der Waals surface area (Å²) < 4.78 is 40.2. The Labute approximate surface area is 238 Å². The number of halogens is 3. The minimum Gasteiger partial charge on any atom is -0.478 e. The predicted octanol–water partition coefficient (Wildman–Crippen LogP) is 5.88. The lowest BCUT2D eigenvalue weighted by Crippen LogP contribution is -2.34. The Kier molecular flexibility index (Phi) is 9.26. The maximum atomic E-state index is 13.4. The lowest BCUT2D eigenvalue weighted by molar-refractivity contribution is -0.137. The van der Waals surface area contributed by atoms with Crippen LogP contribution >= 0.6 is 11.3 Å². The van der Waals surface area contributed by atoms with Gasteiger partial charge in [-0.15, -0.1) is 11.3 Å². The lowest BCUT2D eigenvalue weighted by atomic mass is 10.1. The monoisotopic (exact) mass is 589 g/mol. The Morgan fingerprint density at radius 3 is 2.44 bits per heavy atom. The number of carbonyl (C=O) groups excluding carboxylic acids is 2. The van der Waals surface area contributed by atoms with Crippen LogP contribution in [0.5, 0.6) is 0 Å². The van der Waals surface area contributed by atoms with Gasteiger partial charge in [-0.25, -0.2) is 19.6 Å². The number of imide groups is 1. The van der Waals surface area contributed by atoms with Gasteiger partial charge < -0.3 is 9.67 Å². The molecule has 1 fully saturated rings. The molecule has 3 heterocycles. The number of imidazole rings is 1. The molecule has 3 aromatic rings. The summed E-state index contributed by atoms with van der Waals surface area (Å²) in [5.41, 5.74) is 2.08.